The van der Waals surface area contributed by atoms with Crippen LogP contribution < -0.4 is 0 Å². The lowest BCUT2D eigenvalue weighted by atomic mass is 14.0. The van der Waals surface area contributed by atoms with Crippen LogP contribution in [0.5, 0.6) is 0 Å². The lowest BCUT2D eigenvalue weighted by Gasteiger charge is -1.84. The molecular formula is H2NO2S2-. The molecule has 0 rings (SSSR count). The van der Waals surface area contributed by atoms with Gasteiger partial charge in [-0.15, -0.1) is 0 Å². The molecule has 0 bridgehead atoms. The predicted molar refractivity (Wildman–Crippen MR) is 20.8 cm³/mol. The Labute approximate surface area is 37.2 Å². The third kappa shape index (κ3) is 4.26. The first-order chi connectivity index (χ1) is 2.27. The molecule has 0 saturated carbocycles. The first kappa shape index (κ1) is 5.26. The number of hydrogen-bond acceptors (Lipinski definition) is 5. The first-order valence-electron chi connectivity index (χ1n) is 0.720. The van der Waals surface area contributed by atoms with E-state index >= 15 is 0 Å². The maximum absolute atomic E-state index is 9.29. The summed E-state index contributed by atoms with van der Waals surface area (Å²) in [6.07, 6.45) is 0. The Balaban J connectivity index is 3.23. The minimum atomic E-state index is -1.96. The summed E-state index contributed by atoms with van der Waals surface area (Å²) < 4.78 is 18.9. The van der Waals surface area contributed by atoms with Crippen LogP contribution in [0.2, 0.25) is 0 Å². The highest BCUT2D eigenvalue weighted by molar-refractivity contribution is 7.86. The lowest BCUT2D eigenvalue weighted by molar-refractivity contribution is 0.556. The molecule has 0 atom stereocenters. The van der Waals surface area contributed by atoms with Gasteiger partial charge in [-0.25, -0.2) is 0 Å². The largest absolute Gasteiger partial charge is 0.417 e. The molecule has 0 radical (unpaired) electrons. The van der Waals surface area contributed by atoms with Crippen molar-refractivity contribution in [2.45, 2.75) is 0 Å². The average molecular weight is 112 g/mol. The molecule has 3 nitrogen and oxygen atoms in total. The van der Waals surface area contributed by atoms with Crippen LogP contribution in [0.25, 0.3) is 0 Å². The second-order valence-electron chi connectivity index (χ2n) is 0.309. The molecule has 1 N–H and O–H groups in total. The van der Waals surface area contributed by atoms with E-state index in [1.807, 2.05) is 0 Å². The summed E-state index contributed by atoms with van der Waals surface area (Å²) in [7, 11) is -1.96. The summed E-state index contributed by atoms with van der Waals surface area (Å²) in [4.78, 5) is 0. The van der Waals surface area contributed by atoms with Crippen molar-refractivity contribution < 1.29 is 7.84 Å². The molecule has 5 heteroatoms. The van der Waals surface area contributed by atoms with Gasteiger partial charge in [0.1, 0.15) is 0 Å². The van der Waals surface area contributed by atoms with Crippen molar-refractivity contribution in [2.75, 3.05) is 0 Å². The Kier molecular flexibility index (Phi) is 2.62. The van der Waals surface area contributed by atoms with Gasteiger partial charge in [-0.1, -0.05) is 10.9 Å². The minimum absolute atomic E-state index is 1.96. The van der Waals surface area contributed by atoms with Crippen molar-refractivity contribution in [2.24, 2.45) is 0 Å². The van der Waals surface area contributed by atoms with E-state index in [0.717, 1.165) is 0 Å². The molecule has 0 aromatic heterocycles. The van der Waals surface area contributed by atoms with Crippen LogP contribution in [0.4, 0.5) is 0 Å². The fourth-order valence-electron chi connectivity index (χ4n) is 0. The van der Waals surface area contributed by atoms with E-state index in [1.54, 1.807) is 0 Å². The minimum Gasteiger partial charge on any atom is -0.417 e. The third-order valence-corrected chi connectivity index (χ3v) is 0.609. The maximum atomic E-state index is 9.29. The van der Waals surface area contributed by atoms with Gasteiger partial charge in [-0.3, -0.25) is 0 Å². The molecule has 0 aromatic carbocycles. The molecular weight excluding hydrogens is 110 g/mol. The van der Waals surface area contributed by atoms with Gasteiger partial charge >= 0.3 is 0 Å². The molecule has 0 aliphatic heterocycles. The normalized spacial score (nSPS) is 9.20. The average Bonchev–Trinajstić information content (AvgIpc) is 1.38. The number of rotatable bonds is 1. The number of hydrogen-bond donors (Lipinski definition) is 2. The van der Waals surface area contributed by atoms with Crippen LogP contribution in [-0.4, -0.2) is 0 Å². The Morgan fingerprint density at radius 1 is 2.00 bits per heavy atom. The van der Waals surface area contributed by atoms with E-state index < -0.39 is 10.9 Å². The molecule has 32 valence electrons. The van der Waals surface area contributed by atoms with Crippen LogP contribution in [0.15, 0.2) is 0 Å². The molecule has 0 heterocycles. The number of thiol groups is 1. The van der Waals surface area contributed by atoms with Crippen molar-refractivity contribution in [1.82, 2.24) is 0 Å². The Bertz CT molecular complexity index is 65.7. The summed E-state index contributed by atoms with van der Waals surface area (Å²) in [5.41, 5.74) is 0. The van der Waals surface area contributed by atoms with Gasteiger partial charge in [0.25, 0.3) is 0 Å². The third-order valence-electron chi connectivity index (χ3n) is 0.0677. The highest BCUT2D eigenvalue weighted by Gasteiger charge is 1.41. The molecule has 5 heavy (non-hydrogen) atoms. The van der Waals surface area contributed by atoms with Crippen LogP contribution in [0.1, 0.15) is 0 Å². The maximum Gasteiger partial charge on any atom is -0.0466 e. The van der Waals surface area contributed by atoms with Crippen LogP contribution in [0.3, 0.4) is 0 Å². The predicted octanol–water partition coefficient (Wildman–Crippen LogP) is 0.489. The summed E-state index contributed by atoms with van der Waals surface area (Å²) in [6, 6.07) is 0. The van der Waals surface area contributed by atoms with Crippen molar-refractivity contribution in [1.29, 1.82) is 4.78 Å². The highest BCUT2D eigenvalue weighted by atomic mass is 32.2. The molecule has 0 unspecified atom stereocenters. The smallest absolute Gasteiger partial charge is 0.0466 e. The van der Waals surface area contributed by atoms with E-state index in [2.05, 4.69) is 16.5 Å². The Hall–Kier alpha value is 0.260. The zero-order chi connectivity index (χ0) is 4.28. The molecule has 0 aliphatic rings. The van der Waals surface area contributed by atoms with Gasteiger partial charge in [0, 0.05) is 0 Å². The first-order valence-corrected chi connectivity index (χ1v) is 2.16. The Morgan fingerprint density at radius 2 is 2.20 bits per heavy atom. The van der Waals surface area contributed by atoms with Gasteiger partial charge in [-0.2, -0.15) is 0 Å². The molecule has 0 spiro atoms. The van der Waals surface area contributed by atoms with E-state index in [9.17, 15) is 4.21 Å². The summed E-state index contributed by atoms with van der Waals surface area (Å²) in [5, 5.41) is 0. The fourth-order valence-corrected chi connectivity index (χ4v) is 0. The van der Waals surface area contributed by atoms with Crippen LogP contribution in [0, 0.1) is 4.78 Å². The zero-order valence-electron chi connectivity index (χ0n) is 2.17. The van der Waals surface area contributed by atoms with E-state index in [1.165, 1.54) is 0 Å². The molecule has 0 aromatic rings. The summed E-state index contributed by atoms with van der Waals surface area (Å²) in [6.45, 7) is 0. The van der Waals surface area contributed by atoms with Gasteiger partial charge in [-0.05, 0) is 12.9 Å². The SMILES string of the molecule is N=[S-](=O)OS. The van der Waals surface area contributed by atoms with E-state index in [0.29, 0.717) is 0 Å². The van der Waals surface area contributed by atoms with E-state index in [4.69, 9.17) is 4.78 Å². The molecule has 0 amide bonds. The summed E-state index contributed by atoms with van der Waals surface area (Å²) >= 11 is 3.03. The molecule has 0 saturated heterocycles. The molecule has 0 aliphatic carbocycles. The van der Waals surface area contributed by atoms with E-state index in [-0.39, 0.29) is 0 Å². The Morgan fingerprint density at radius 3 is 2.20 bits per heavy atom. The second-order valence-corrected chi connectivity index (χ2v) is 1.37. The fraction of sp³-hybridized carbons (Fsp3) is 0. The van der Waals surface area contributed by atoms with Gasteiger partial charge in [0.05, 0.1) is 0 Å². The van der Waals surface area contributed by atoms with Crippen molar-refractivity contribution in [3.05, 3.63) is 0 Å². The topological polar surface area (TPSA) is 50.2 Å². The second kappa shape index (κ2) is 2.49. The standard InChI is InChI=1S/H2NO2S2/c1-5(2)3-4/h1,4H/q-1. The highest BCUT2D eigenvalue weighted by Crippen LogP contribution is 1.73. The van der Waals surface area contributed by atoms with Crippen molar-refractivity contribution in [3.63, 3.8) is 0 Å². The lowest BCUT2D eigenvalue weighted by Crippen LogP contribution is -1.58. The van der Waals surface area contributed by atoms with Gasteiger partial charge in [0.15, 0.2) is 0 Å². The van der Waals surface area contributed by atoms with Crippen molar-refractivity contribution >= 4 is 23.8 Å². The van der Waals surface area contributed by atoms with Gasteiger partial charge < -0.3 is 12.6 Å². The van der Waals surface area contributed by atoms with Crippen molar-refractivity contribution in [3.8, 4) is 0 Å². The van der Waals surface area contributed by atoms with Gasteiger partial charge in [0.2, 0.25) is 0 Å². The zero-order valence-corrected chi connectivity index (χ0v) is 3.88. The molecule has 0 fully saturated rings. The monoisotopic (exact) mass is 112 g/mol. The summed E-state index contributed by atoms with van der Waals surface area (Å²) in [5.74, 6) is 0. The van der Waals surface area contributed by atoms with Crippen LogP contribution >= 0.6 is 12.9 Å². The quantitative estimate of drug-likeness (QED) is 0.294. The van der Waals surface area contributed by atoms with Crippen LogP contribution in [-0.2, 0) is 18.7 Å². The number of nitrogens with one attached hydrogen (secondary N) is 1.